The van der Waals surface area contributed by atoms with Crippen molar-refractivity contribution in [1.29, 1.82) is 0 Å². The topological polar surface area (TPSA) is 73.0 Å². The Kier molecular flexibility index (Phi) is 5.38. The van der Waals surface area contributed by atoms with E-state index in [1.54, 1.807) is 41.3 Å². The van der Waals surface area contributed by atoms with Gasteiger partial charge in [0.25, 0.3) is 5.91 Å². The Bertz CT molecular complexity index is 1180. The second-order valence-corrected chi connectivity index (χ2v) is 7.33. The maximum atomic E-state index is 12.5. The van der Waals surface area contributed by atoms with Crippen LogP contribution in [-0.2, 0) is 6.54 Å². The van der Waals surface area contributed by atoms with Gasteiger partial charge in [-0.1, -0.05) is 52.6 Å². The van der Waals surface area contributed by atoms with Crippen LogP contribution in [0.4, 0.5) is 5.69 Å². The lowest BCUT2D eigenvalue weighted by atomic mass is 10.1. The first-order valence-corrected chi connectivity index (χ1v) is 9.55. The SMILES string of the molecule is Cc1ccccc1Cn1cc(NC(=O)c2cc(-c3ccc(Cl)c(Cl)c3)on2)cn1. The van der Waals surface area contributed by atoms with Crippen LogP contribution in [0.1, 0.15) is 21.6 Å². The number of hydrogen-bond donors (Lipinski definition) is 1. The highest BCUT2D eigenvalue weighted by Crippen LogP contribution is 2.29. The van der Waals surface area contributed by atoms with E-state index in [1.807, 2.05) is 12.1 Å². The van der Waals surface area contributed by atoms with Gasteiger partial charge in [0.1, 0.15) is 0 Å². The molecule has 4 rings (SSSR count). The van der Waals surface area contributed by atoms with Crippen LogP contribution < -0.4 is 5.32 Å². The van der Waals surface area contributed by atoms with E-state index in [4.69, 9.17) is 27.7 Å². The summed E-state index contributed by atoms with van der Waals surface area (Å²) >= 11 is 12.0. The molecule has 0 aliphatic rings. The molecule has 2 heterocycles. The number of carbonyl (C=O) groups is 1. The fourth-order valence-electron chi connectivity index (χ4n) is 2.84. The quantitative estimate of drug-likeness (QED) is 0.460. The number of carbonyl (C=O) groups excluding carboxylic acids is 1. The Morgan fingerprint density at radius 2 is 1.97 bits per heavy atom. The first kappa shape index (κ1) is 19.2. The minimum atomic E-state index is -0.393. The molecule has 2 aromatic carbocycles. The highest BCUT2D eigenvalue weighted by Gasteiger charge is 2.15. The standard InChI is InChI=1S/C21H16Cl2N4O2/c1-13-4-2-3-5-15(13)11-27-12-16(10-24-27)25-21(28)19-9-20(29-26-19)14-6-7-17(22)18(23)8-14/h2-10,12H,11H2,1H3,(H,25,28). The molecule has 2 aromatic heterocycles. The summed E-state index contributed by atoms with van der Waals surface area (Å²) in [6.07, 6.45) is 3.36. The van der Waals surface area contributed by atoms with E-state index in [2.05, 4.69) is 34.6 Å². The summed E-state index contributed by atoms with van der Waals surface area (Å²) in [6.45, 7) is 2.67. The summed E-state index contributed by atoms with van der Waals surface area (Å²) in [5.74, 6) is 0.0273. The van der Waals surface area contributed by atoms with Gasteiger partial charge in [-0.3, -0.25) is 9.48 Å². The van der Waals surface area contributed by atoms with Crippen molar-refractivity contribution in [3.63, 3.8) is 0 Å². The van der Waals surface area contributed by atoms with Crippen molar-refractivity contribution in [3.8, 4) is 11.3 Å². The van der Waals surface area contributed by atoms with Crippen molar-refractivity contribution >= 4 is 34.8 Å². The number of nitrogens with zero attached hydrogens (tertiary/aromatic N) is 3. The molecule has 0 aliphatic heterocycles. The fraction of sp³-hybridized carbons (Fsp3) is 0.0952. The zero-order valence-electron chi connectivity index (χ0n) is 15.4. The van der Waals surface area contributed by atoms with E-state index in [1.165, 1.54) is 5.56 Å². The Labute approximate surface area is 177 Å². The molecule has 0 radical (unpaired) electrons. The Balaban J connectivity index is 1.45. The molecule has 1 amide bonds. The average Bonchev–Trinajstić information content (AvgIpc) is 3.36. The smallest absolute Gasteiger partial charge is 0.277 e. The van der Waals surface area contributed by atoms with Crippen molar-refractivity contribution in [2.24, 2.45) is 0 Å². The monoisotopic (exact) mass is 426 g/mol. The molecule has 0 bridgehead atoms. The van der Waals surface area contributed by atoms with Gasteiger partial charge in [0.15, 0.2) is 11.5 Å². The van der Waals surface area contributed by atoms with Gasteiger partial charge in [0.2, 0.25) is 0 Å². The van der Waals surface area contributed by atoms with Crippen LogP contribution in [0.15, 0.2) is 65.4 Å². The normalized spacial score (nSPS) is 10.9. The molecule has 0 saturated heterocycles. The molecule has 1 N–H and O–H groups in total. The maximum Gasteiger partial charge on any atom is 0.277 e. The van der Waals surface area contributed by atoms with E-state index in [-0.39, 0.29) is 5.69 Å². The Morgan fingerprint density at radius 1 is 1.14 bits per heavy atom. The van der Waals surface area contributed by atoms with E-state index in [0.29, 0.717) is 33.6 Å². The summed E-state index contributed by atoms with van der Waals surface area (Å²) < 4.78 is 7.03. The maximum absolute atomic E-state index is 12.5. The molecule has 0 aliphatic carbocycles. The van der Waals surface area contributed by atoms with Gasteiger partial charge in [-0.15, -0.1) is 0 Å². The summed E-state index contributed by atoms with van der Waals surface area (Å²) in [5.41, 5.74) is 3.75. The minimum Gasteiger partial charge on any atom is -0.355 e. The zero-order valence-corrected chi connectivity index (χ0v) is 16.9. The second kappa shape index (κ2) is 8.11. The van der Waals surface area contributed by atoms with Crippen molar-refractivity contribution in [3.05, 3.63) is 87.8 Å². The molecule has 6 nitrogen and oxygen atoms in total. The van der Waals surface area contributed by atoms with Crippen molar-refractivity contribution < 1.29 is 9.32 Å². The largest absolute Gasteiger partial charge is 0.355 e. The average molecular weight is 427 g/mol. The fourth-order valence-corrected chi connectivity index (χ4v) is 3.14. The lowest BCUT2D eigenvalue weighted by molar-refractivity contribution is 0.101. The molecule has 8 heteroatoms. The van der Waals surface area contributed by atoms with Gasteiger partial charge < -0.3 is 9.84 Å². The summed E-state index contributed by atoms with van der Waals surface area (Å²) in [7, 11) is 0. The lowest BCUT2D eigenvalue weighted by Gasteiger charge is -2.05. The number of nitrogens with one attached hydrogen (secondary N) is 1. The van der Waals surface area contributed by atoms with Crippen molar-refractivity contribution in [1.82, 2.24) is 14.9 Å². The molecule has 0 saturated carbocycles. The molecule has 0 atom stereocenters. The summed E-state index contributed by atoms with van der Waals surface area (Å²) in [4.78, 5) is 12.5. The van der Waals surface area contributed by atoms with Crippen LogP contribution in [-0.4, -0.2) is 20.8 Å². The third kappa shape index (κ3) is 4.34. The van der Waals surface area contributed by atoms with Gasteiger partial charge in [-0.05, 0) is 36.2 Å². The van der Waals surface area contributed by atoms with Gasteiger partial charge in [-0.25, -0.2) is 0 Å². The van der Waals surface area contributed by atoms with Crippen LogP contribution in [0, 0.1) is 6.92 Å². The van der Waals surface area contributed by atoms with Crippen molar-refractivity contribution in [2.45, 2.75) is 13.5 Å². The number of amides is 1. The van der Waals surface area contributed by atoms with Gasteiger partial charge >= 0.3 is 0 Å². The van der Waals surface area contributed by atoms with E-state index < -0.39 is 5.91 Å². The predicted octanol–water partition coefficient (Wildman–Crippen LogP) is 5.45. The molecule has 0 fully saturated rings. The van der Waals surface area contributed by atoms with Crippen LogP contribution >= 0.6 is 23.2 Å². The van der Waals surface area contributed by atoms with E-state index in [0.717, 1.165) is 5.56 Å². The van der Waals surface area contributed by atoms with Crippen LogP contribution in [0.5, 0.6) is 0 Å². The Morgan fingerprint density at radius 3 is 2.76 bits per heavy atom. The third-order valence-corrected chi connectivity index (χ3v) is 5.17. The summed E-state index contributed by atoms with van der Waals surface area (Å²) in [5, 5.41) is 11.7. The number of rotatable bonds is 5. The number of benzene rings is 2. The first-order valence-electron chi connectivity index (χ1n) is 8.80. The second-order valence-electron chi connectivity index (χ2n) is 6.51. The molecular weight excluding hydrogens is 411 g/mol. The molecule has 0 unspecified atom stereocenters. The molecule has 29 heavy (non-hydrogen) atoms. The number of aryl methyl sites for hydroxylation is 1. The van der Waals surface area contributed by atoms with E-state index in [9.17, 15) is 4.79 Å². The van der Waals surface area contributed by atoms with Crippen LogP contribution in [0.2, 0.25) is 10.0 Å². The number of anilines is 1. The van der Waals surface area contributed by atoms with E-state index >= 15 is 0 Å². The zero-order chi connectivity index (χ0) is 20.4. The van der Waals surface area contributed by atoms with Crippen LogP contribution in [0.25, 0.3) is 11.3 Å². The number of hydrogen-bond acceptors (Lipinski definition) is 4. The molecule has 4 aromatic rings. The summed E-state index contributed by atoms with van der Waals surface area (Å²) in [6, 6.07) is 14.7. The van der Waals surface area contributed by atoms with Gasteiger partial charge in [0, 0.05) is 17.8 Å². The minimum absolute atomic E-state index is 0.151. The molecular formula is C21H16Cl2N4O2. The van der Waals surface area contributed by atoms with Gasteiger partial charge in [0.05, 0.1) is 28.5 Å². The molecule has 146 valence electrons. The van der Waals surface area contributed by atoms with Crippen molar-refractivity contribution in [2.75, 3.05) is 5.32 Å². The molecule has 0 spiro atoms. The lowest BCUT2D eigenvalue weighted by Crippen LogP contribution is -2.11. The third-order valence-electron chi connectivity index (χ3n) is 4.43. The van der Waals surface area contributed by atoms with Crippen LogP contribution in [0.3, 0.4) is 0 Å². The number of halogens is 2. The highest BCUT2D eigenvalue weighted by atomic mass is 35.5. The highest BCUT2D eigenvalue weighted by molar-refractivity contribution is 6.42. The first-order chi connectivity index (χ1) is 14.0. The predicted molar refractivity (Wildman–Crippen MR) is 112 cm³/mol. The number of aromatic nitrogens is 3. The Hall–Kier alpha value is -3.09. The van der Waals surface area contributed by atoms with Gasteiger partial charge in [-0.2, -0.15) is 5.10 Å².